The predicted octanol–water partition coefficient (Wildman–Crippen LogP) is 3.33. The summed E-state index contributed by atoms with van der Waals surface area (Å²) in [7, 11) is 0. The first kappa shape index (κ1) is 19.3. The van der Waals surface area contributed by atoms with Crippen molar-refractivity contribution in [3.63, 3.8) is 0 Å². The summed E-state index contributed by atoms with van der Waals surface area (Å²) < 4.78 is 13.1. The highest BCUT2D eigenvalue weighted by atomic mass is 35.5. The standard InChI is InChI=1S/C20H20ClFN2O3/c21-15-3-1-14(2-4-15)19(25)13-18(20(26)27)24-11-9-23(10-12-24)17-7-5-16(22)6-8-17/h1-8,18H,9-13H2,(H,26,27). The third kappa shape index (κ3) is 4.84. The summed E-state index contributed by atoms with van der Waals surface area (Å²) >= 11 is 5.83. The highest BCUT2D eigenvalue weighted by molar-refractivity contribution is 6.30. The molecular formula is C20H20ClFN2O3. The van der Waals surface area contributed by atoms with Gasteiger partial charge in [0.25, 0.3) is 0 Å². The largest absolute Gasteiger partial charge is 0.480 e. The molecule has 7 heteroatoms. The number of carboxylic acid groups (broad SMARTS) is 1. The van der Waals surface area contributed by atoms with Crippen LogP contribution in [0.4, 0.5) is 10.1 Å². The van der Waals surface area contributed by atoms with Crippen molar-refractivity contribution >= 4 is 29.0 Å². The summed E-state index contributed by atoms with van der Waals surface area (Å²) in [5.41, 5.74) is 1.36. The SMILES string of the molecule is O=C(CC(C(=O)O)N1CCN(c2ccc(F)cc2)CC1)c1ccc(Cl)cc1. The number of Topliss-reactive ketones (excluding diaryl/α,β-unsaturated/α-hetero) is 1. The molecular weight excluding hydrogens is 371 g/mol. The smallest absolute Gasteiger partial charge is 0.321 e. The minimum atomic E-state index is -1.01. The van der Waals surface area contributed by atoms with Crippen LogP contribution < -0.4 is 4.90 Å². The van der Waals surface area contributed by atoms with E-state index >= 15 is 0 Å². The number of carbonyl (C=O) groups is 2. The van der Waals surface area contributed by atoms with Gasteiger partial charge in [-0.25, -0.2) is 4.39 Å². The van der Waals surface area contributed by atoms with Crippen LogP contribution in [0.3, 0.4) is 0 Å². The molecule has 0 saturated carbocycles. The lowest BCUT2D eigenvalue weighted by Gasteiger charge is -2.38. The lowest BCUT2D eigenvalue weighted by molar-refractivity contribution is -0.143. The van der Waals surface area contributed by atoms with Crippen LogP contribution in [0, 0.1) is 5.82 Å². The van der Waals surface area contributed by atoms with Crippen LogP contribution in [-0.4, -0.2) is 54.0 Å². The summed E-state index contributed by atoms with van der Waals surface area (Å²) in [6.07, 6.45) is -0.0898. The Balaban J connectivity index is 1.62. The molecule has 1 N–H and O–H groups in total. The number of anilines is 1. The second-order valence-electron chi connectivity index (χ2n) is 6.49. The monoisotopic (exact) mass is 390 g/mol. The van der Waals surface area contributed by atoms with Crippen molar-refractivity contribution < 1.29 is 19.1 Å². The molecule has 0 aliphatic carbocycles. The van der Waals surface area contributed by atoms with Crippen LogP contribution in [-0.2, 0) is 4.79 Å². The Labute approximate surface area is 162 Å². The second-order valence-corrected chi connectivity index (χ2v) is 6.92. The van der Waals surface area contributed by atoms with E-state index in [4.69, 9.17) is 11.6 Å². The molecule has 3 rings (SSSR count). The van der Waals surface area contributed by atoms with E-state index in [0.717, 1.165) is 5.69 Å². The fourth-order valence-corrected chi connectivity index (χ4v) is 3.37. The zero-order chi connectivity index (χ0) is 19.4. The van der Waals surface area contributed by atoms with E-state index in [1.165, 1.54) is 12.1 Å². The van der Waals surface area contributed by atoms with Gasteiger partial charge in [0.05, 0.1) is 0 Å². The fourth-order valence-electron chi connectivity index (χ4n) is 3.25. The van der Waals surface area contributed by atoms with Crippen molar-refractivity contribution in [2.45, 2.75) is 12.5 Å². The fraction of sp³-hybridized carbons (Fsp3) is 0.300. The third-order valence-corrected chi connectivity index (χ3v) is 5.03. The second kappa shape index (κ2) is 8.50. The normalized spacial score (nSPS) is 16.1. The molecule has 1 aliphatic rings. The van der Waals surface area contributed by atoms with Crippen LogP contribution in [0.25, 0.3) is 0 Å². The maximum atomic E-state index is 13.1. The van der Waals surface area contributed by atoms with E-state index in [1.54, 1.807) is 36.4 Å². The summed E-state index contributed by atoms with van der Waals surface area (Å²) in [5, 5.41) is 10.1. The van der Waals surface area contributed by atoms with E-state index < -0.39 is 12.0 Å². The molecule has 2 aromatic carbocycles. The average Bonchev–Trinajstić information content (AvgIpc) is 2.67. The lowest BCUT2D eigenvalue weighted by atomic mass is 10.0. The van der Waals surface area contributed by atoms with Crippen molar-refractivity contribution in [1.29, 1.82) is 0 Å². The number of halogens is 2. The van der Waals surface area contributed by atoms with Gasteiger partial charge < -0.3 is 10.0 Å². The number of ketones is 1. The molecule has 142 valence electrons. The third-order valence-electron chi connectivity index (χ3n) is 4.78. The maximum absolute atomic E-state index is 13.1. The van der Waals surface area contributed by atoms with Gasteiger partial charge in [-0.3, -0.25) is 14.5 Å². The first-order valence-corrected chi connectivity index (χ1v) is 9.08. The molecule has 5 nitrogen and oxygen atoms in total. The summed E-state index contributed by atoms with van der Waals surface area (Å²) in [6.45, 7) is 2.26. The number of hydrogen-bond acceptors (Lipinski definition) is 4. The molecule has 0 bridgehead atoms. The number of aliphatic carboxylic acids is 1. The van der Waals surface area contributed by atoms with Crippen LogP contribution in [0.5, 0.6) is 0 Å². The molecule has 1 unspecified atom stereocenters. The van der Waals surface area contributed by atoms with Gasteiger partial charge in [0.1, 0.15) is 11.9 Å². The highest BCUT2D eigenvalue weighted by Crippen LogP contribution is 2.20. The van der Waals surface area contributed by atoms with Crippen molar-refractivity contribution in [3.05, 3.63) is 64.9 Å². The number of carboxylic acids is 1. The minimum absolute atomic E-state index is 0.0898. The van der Waals surface area contributed by atoms with Crippen LogP contribution >= 0.6 is 11.6 Å². The Kier molecular flexibility index (Phi) is 6.08. The molecule has 1 fully saturated rings. The Morgan fingerprint density at radius 3 is 2.15 bits per heavy atom. The van der Waals surface area contributed by atoms with Crippen LogP contribution in [0.2, 0.25) is 5.02 Å². The summed E-state index contributed by atoms with van der Waals surface area (Å²) in [5.74, 6) is -1.52. The molecule has 2 aromatic rings. The van der Waals surface area contributed by atoms with E-state index in [-0.39, 0.29) is 18.0 Å². The minimum Gasteiger partial charge on any atom is -0.480 e. The average molecular weight is 391 g/mol. The number of rotatable bonds is 6. The number of hydrogen-bond donors (Lipinski definition) is 1. The molecule has 27 heavy (non-hydrogen) atoms. The summed E-state index contributed by atoms with van der Waals surface area (Å²) in [4.78, 5) is 28.1. The highest BCUT2D eigenvalue weighted by Gasteiger charge is 2.31. The number of piperazine rings is 1. The molecule has 0 spiro atoms. The maximum Gasteiger partial charge on any atom is 0.321 e. The molecule has 1 aliphatic heterocycles. The number of benzene rings is 2. The van der Waals surface area contributed by atoms with Gasteiger partial charge in [0.2, 0.25) is 0 Å². The van der Waals surface area contributed by atoms with Gasteiger partial charge in [0.15, 0.2) is 5.78 Å². The van der Waals surface area contributed by atoms with Gasteiger partial charge in [-0.1, -0.05) is 11.6 Å². The van der Waals surface area contributed by atoms with Crippen LogP contribution in [0.1, 0.15) is 16.8 Å². The van der Waals surface area contributed by atoms with E-state index in [2.05, 4.69) is 4.90 Å². The molecule has 0 radical (unpaired) electrons. The van der Waals surface area contributed by atoms with Gasteiger partial charge in [-0.05, 0) is 48.5 Å². The van der Waals surface area contributed by atoms with E-state index in [9.17, 15) is 19.1 Å². The topological polar surface area (TPSA) is 60.9 Å². The summed E-state index contributed by atoms with van der Waals surface area (Å²) in [6, 6.07) is 11.8. The zero-order valence-electron chi connectivity index (χ0n) is 14.6. The van der Waals surface area contributed by atoms with E-state index in [1.807, 2.05) is 4.90 Å². The quantitative estimate of drug-likeness (QED) is 0.767. The van der Waals surface area contributed by atoms with E-state index in [0.29, 0.717) is 36.8 Å². The van der Waals surface area contributed by atoms with Gasteiger partial charge in [-0.15, -0.1) is 0 Å². The Bertz CT molecular complexity index is 803. The first-order valence-electron chi connectivity index (χ1n) is 8.70. The predicted molar refractivity (Wildman–Crippen MR) is 102 cm³/mol. The van der Waals surface area contributed by atoms with Gasteiger partial charge >= 0.3 is 5.97 Å². The number of carbonyl (C=O) groups excluding carboxylic acids is 1. The molecule has 1 saturated heterocycles. The zero-order valence-corrected chi connectivity index (χ0v) is 15.4. The Hall–Kier alpha value is -2.44. The molecule has 1 atom stereocenters. The van der Waals surface area contributed by atoms with Crippen molar-refractivity contribution in [2.75, 3.05) is 31.1 Å². The van der Waals surface area contributed by atoms with Crippen molar-refractivity contribution in [1.82, 2.24) is 4.90 Å². The van der Waals surface area contributed by atoms with Crippen LogP contribution in [0.15, 0.2) is 48.5 Å². The van der Waals surface area contributed by atoms with Gasteiger partial charge in [0, 0.05) is 48.9 Å². The Morgan fingerprint density at radius 2 is 1.59 bits per heavy atom. The molecule has 0 aromatic heterocycles. The van der Waals surface area contributed by atoms with Crippen molar-refractivity contribution in [2.24, 2.45) is 0 Å². The Morgan fingerprint density at radius 1 is 1.00 bits per heavy atom. The molecule has 0 amide bonds. The number of nitrogens with zero attached hydrogens (tertiary/aromatic N) is 2. The lowest BCUT2D eigenvalue weighted by Crippen LogP contribution is -2.53. The van der Waals surface area contributed by atoms with Crippen molar-refractivity contribution in [3.8, 4) is 0 Å². The van der Waals surface area contributed by atoms with Gasteiger partial charge in [-0.2, -0.15) is 0 Å². The first-order chi connectivity index (χ1) is 12.9. The molecule has 1 heterocycles.